The first-order chi connectivity index (χ1) is 8.41. The van der Waals surface area contributed by atoms with Crippen molar-refractivity contribution in [3.05, 3.63) is 41.3 Å². The third-order valence-corrected chi connectivity index (χ3v) is 2.44. The minimum atomic E-state index is -4.45. The Hall–Kier alpha value is -1.89. The zero-order valence-corrected chi connectivity index (χ0v) is 9.57. The first-order valence-electron chi connectivity index (χ1n) is 5.20. The maximum Gasteiger partial charge on any atom is 0.435 e. The molecule has 0 aromatic carbocycles. The van der Waals surface area contributed by atoms with Gasteiger partial charge in [0.25, 0.3) is 0 Å². The molecule has 2 heterocycles. The van der Waals surface area contributed by atoms with Crippen molar-refractivity contribution in [2.24, 2.45) is 5.73 Å². The second-order valence-electron chi connectivity index (χ2n) is 3.83. The molecule has 0 radical (unpaired) electrons. The van der Waals surface area contributed by atoms with Crippen LogP contribution in [0.2, 0.25) is 0 Å². The number of rotatable bonds is 2. The molecule has 2 N–H and O–H groups in total. The number of nitrogens with two attached hydrogens (primary N) is 1. The molecule has 2 rings (SSSR count). The van der Waals surface area contributed by atoms with Gasteiger partial charge in [-0.2, -0.15) is 18.3 Å². The number of aryl methyl sites for hydroxylation is 1. The lowest BCUT2D eigenvalue weighted by Crippen LogP contribution is -2.09. The number of hydrogen-bond acceptors (Lipinski definition) is 3. The van der Waals surface area contributed by atoms with Gasteiger partial charge in [-0.1, -0.05) is 0 Å². The number of alkyl halides is 3. The van der Waals surface area contributed by atoms with Crippen molar-refractivity contribution in [3.8, 4) is 5.82 Å². The minimum absolute atomic E-state index is 0.334. The summed E-state index contributed by atoms with van der Waals surface area (Å²) in [6, 6.07) is 2.69. The maximum absolute atomic E-state index is 12.4. The van der Waals surface area contributed by atoms with Gasteiger partial charge in [-0.25, -0.2) is 9.67 Å². The SMILES string of the molecule is Cc1cc(CN)cnc1-n1ccc(C(F)(F)F)n1. The highest BCUT2D eigenvalue weighted by atomic mass is 19.4. The van der Waals surface area contributed by atoms with E-state index in [9.17, 15) is 13.2 Å². The van der Waals surface area contributed by atoms with Crippen LogP contribution >= 0.6 is 0 Å². The quantitative estimate of drug-likeness (QED) is 0.894. The van der Waals surface area contributed by atoms with Crippen molar-refractivity contribution in [1.82, 2.24) is 14.8 Å². The average molecular weight is 256 g/mol. The highest BCUT2D eigenvalue weighted by Gasteiger charge is 2.33. The molecule has 0 unspecified atom stereocenters. The Bertz CT molecular complexity index is 560. The van der Waals surface area contributed by atoms with E-state index in [0.717, 1.165) is 21.9 Å². The molecule has 96 valence electrons. The van der Waals surface area contributed by atoms with Crippen LogP contribution in [0.1, 0.15) is 16.8 Å². The fraction of sp³-hybridized carbons (Fsp3) is 0.273. The predicted octanol–water partition coefficient (Wildman–Crippen LogP) is 2.05. The van der Waals surface area contributed by atoms with E-state index in [2.05, 4.69) is 10.1 Å². The normalized spacial score (nSPS) is 11.8. The molecule has 0 fully saturated rings. The minimum Gasteiger partial charge on any atom is -0.326 e. The molecule has 7 heteroatoms. The van der Waals surface area contributed by atoms with E-state index < -0.39 is 11.9 Å². The number of halogens is 3. The number of aromatic nitrogens is 3. The fourth-order valence-corrected chi connectivity index (χ4v) is 1.57. The molecule has 4 nitrogen and oxygen atoms in total. The summed E-state index contributed by atoms with van der Waals surface area (Å²) in [4.78, 5) is 4.07. The van der Waals surface area contributed by atoms with Gasteiger partial charge in [0, 0.05) is 18.9 Å². The summed E-state index contributed by atoms with van der Waals surface area (Å²) in [5.41, 5.74) is 6.06. The summed E-state index contributed by atoms with van der Waals surface area (Å²) >= 11 is 0. The topological polar surface area (TPSA) is 56.7 Å². The van der Waals surface area contributed by atoms with E-state index >= 15 is 0 Å². The lowest BCUT2D eigenvalue weighted by molar-refractivity contribution is -0.141. The van der Waals surface area contributed by atoms with Gasteiger partial charge in [0.2, 0.25) is 0 Å². The molecule has 0 amide bonds. The van der Waals surface area contributed by atoms with Crippen LogP contribution in [-0.4, -0.2) is 14.8 Å². The van der Waals surface area contributed by atoms with Gasteiger partial charge in [0.1, 0.15) is 0 Å². The summed E-state index contributed by atoms with van der Waals surface area (Å²) in [6.45, 7) is 2.08. The zero-order valence-electron chi connectivity index (χ0n) is 9.57. The Morgan fingerprint density at radius 3 is 2.61 bits per heavy atom. The van der Waals surface area contributed by atoms with Gasteiger partial charge in [0.15, 0.2) is 11.5 Å². The first-order valence-corrected chi connectivity index (χ1v) is 5.20. The molecule has 0 saturated carbocycles. The Kier molecular flexibility index (Phi) is 3.08. The molecular formula is C11H11F3N4. The van der Waals surface area contributed by atoms with E-state index in [1.807, 2.05) is 0 Å². The second-order valence-corrected chi connectivity index (χ2v) is 3.83. The van der Waals surface area contributed by atoms with E-state index in [1.54, 1.807) is 13.0 Å². The predicted molar refractivity (Wildman–Crippen MR) is 59.0 cm³/mol. The zero-order chi connectivity index (χ0) is 13.3. The summed E-state index contributed by atoms with van der Waals surface area (Å²) < 4.78 is 38.4. The molecule has 0 aliphatic rings. The van der Waals surface area contributed by atoms with Crippen molar-refractivity contribution in [3.63, 3.8) is 0 Å². The van der Waals surface area contributed by atoms with Crippen LogP contribution in [0.5, 0.6) is 0 Å². The van der Waals surface area contributed by atoms with Crippen LogP contribution in [0.3, 0.4) is 0 Å². The second kappa shape index (κ2) is 4.41. The summed E-state index contributed by atoms with van der Waals surface area (Å²) in [5.74, 6) is 0.364. The Morgan fingerprint density at radius 1 is 1.39 bits per heavy atom. The van der Waals surface area contributed by atoms with Crippen LogP contribution in [-0.2, 0) is 12.7 Å². The number of nitrogens with zero attached hydrogens (tertiary/aromatic N) is 3. The first kappa shape index (κ1) is 12.6. The van der Waals surface area contributed by atoms with Crippen molar-refractivity contribution >= 4 is 0 Å². The molecule has 0 aliphatic carbocycles. The van der Waals surface area contributed by atoms with Gasteiger partial charge in [0.05, 0.1) is 0 Å². The summed E-state index contributed by atoms with van der Waals surface area (Å²) in [6.07, 6.45) is -1.69. The summed E-state index contributed by atoms with van der Waals surface area (Å²) in [7, 11) is 0. The Morgan fingerprint density at radius 2 is 2.11 bits per heavy atom. The van der Waals surface area contributed by atoms with Gasteiger partial charge >= 0.3 is 6.18 Å². The molecule has 0 saturated heterocycles. The standard InChI is InChI=1S/C11H11F3N4/c1-7-4-8(5-15)6-16-10(7)18-3-2-9(17-18)11(12,13)14/h2-4,6H,5,15H2,1H3. The monoisotopic (exact) mass is 256 g/mol. The summed E-state index contributed by atoms with van der Waals surface area (Å²) in [5, 5.41) is 3.47. The smallest absolute Gasteiger partial charge is 0.326 e. The van der Waals surface area contributed by atoms with E-state index in [1.165, 1.54) is 12.4 Å². The van der Waals surface area contributed by atoms with Crippen molar-refractivity contribution in [1.29, 1.82) is 0 Å². The maximum atomic E-state index is 12.4. The van der Waals surface area contributed by atoms with Gasteiger partial charge in [-0.05, 0) is 30.2 Å². The third kappa shape index (κ3) is 2.35. The Labute approximate surface area is 101 Å². The van der Waals surface area contributed by atoms with Crippen LogP contribution in [0, 0.1) is 6.92 Å². The van der Waals surface area contributed by atoms with Gasteiger partial charge in [-0.15, -0.1) is 0 Å². The molecule has 2 aromatic rings. The molecule has 18 heavy (non-hydrogen) atoms. The molecule has 0 bridgehead atoms. The van der Waals surface area contributed by atoms with Gasteiger partial charge in [-0.3, -0.25) is 0 Å². The lowest BCUT2D eigenvalue weighted by atomic mass is 10.2. The largest absolute Gasteiger partial charge is 0.435 e. The molecular weight excluding hydrogens is 245 g/mol. The molecule has 0 atom stereocenters. The number of pyridine rings is 1. The van der Waals surface area contributed by atoms with Crippen LogP contribution in [0.25, 0.3) is 5.82 Å². The number of hydrogen-bond donors (Lipinski definition) is 1. The molecule has 0 aliphatic heterocycles. The highest BCUT2D eigenvalue weighted by Crippen LogP contribution is 2.27. The lowest BCUT2D eigenvalue weighted by Gasteiger charge is -2.06. The van der Waals surface area contributed by atoms with Crippen molar-refractivity contribution < 1.29 is 13.2 Å². The van der Waals surface area contributed by atoms with E-state index in [-0.39, 0.29) is 0 Å². The van der Waals surface area contributed by atoms with E-state index in [4.69, 9.17) is 5.73 Å². The van der Waals surface area contributed by atoms with Crippen LogP contribution in [0.4, 0.5) is 13.2 Å². The third-order valence-electron chi connectivity index (χ3n) is 2.44. The average Bonchev–Trinajstić information content (AvgIpc) is 2.77. The highest BCUT2D eigenvalue weighted by molar-refractivity contribution is 5.34. The van der Waals surface area contributed by atoms with Crippen LogP contribution < -0.4 is 5.73 Å². The molecule has 2 aromatic heterocycles. The van der Waals surface area contributed by atoms with Crippen LogP contribution in [0.15, 0.2) is 24.5 Å². The van der Waals surface area contributed by atoms with Crippen molar-refractivity contribution in [2.45, 2.75) is 19.6 Å². The van der Waals surface area contributed by atoms with Gasteiger partial charge < -0.3 is 5.73 Å². The van der Waals surface area contributed by atoms with E-state index in [0.29, 0.717) is 12.4 Å². The fourth-order valence-electron chi connectivity index (χ4n) is 1.57. The Balaban J connectivity index is 2.40. The molecule has 0 spiro atoms. The van der Waals surface area contributed by atoms with Crippen molar-refractivity contribution in [2.75, 3.05) is 0 Å².